The predicted molar refractivity (Wildman–Crippen MR) is 108 cm³/mol. The van der Waals surface area contributed by atoms with E-state index in [1.807, 2.05) is 41.4 Å². The molecule has 0 aliphatic carbocycles. The lowest BCUT2D eigenvalue weighted by Gasteiger charge is -2.34. The maximum Gasteiger partial charge on any atom is 0.233 e. The molecule has 2 fully saturated rings. The van der Waals surface area contributed by atoms with Crippen LogP contribution in [0.1, 0.15) is 27.5 Å². The number of hydrogen-bond donors (Lipinski definition) is 1. The molecule has 0 aromatic heterocycles. The van der Waals surface area contributed by atoms with Crippen LogP contribution >= 0.6 is 0 Å². The Morgan fingerprint density at radius 2 is 1.77 bits per heavy atom. The SMILES string of the molecule is COc1ccc(OC)c(C(=O)[C@@H]2[C@@H]3C(=O)NC(=O)[C@@H]3[C@H]3c4ccccc4C=CN23)c1. The van der Waals surface area contributed by atoms with Crippen molar-refractivity contribution in [1.29, 1.82) is 0 Å². The number of benzene rings is 2. The Bertz CT molecular complexity index is 1110. The third-order valence-corrected chi connectivity index (χ3v) is 6.24. The van der Waals surface area contributed by atoms with Gasteiger partial charge in [-0.1, -0.05) is 24.3 Å². The van der Waals surface area contributed by atoms with Gasteiger partial charge in [0.25, 0.3) is 0 Å². The molecular weight excluding hydrogens is 384 g/mol. The minimum atomic E-state index is -0.822. The summed E-state index contributed by atoms with van der Waals surface area (Å²) in [6, 6.07) is 11.5. The maximum absolute atomic E-state index is 13.8. The van der Waals surface area contributed by atoms with E-state index >= 15 is 0 Å². The van der Waals surface area contributed by atoms with Gasteiger partial charge in [-0.15, -0.1) is 0 Å². The molecule has 3 aliphatic heterocycles. The number of rotatable bonds is 4. The number of ether oxygens (including phenoxy) is 2. The Labute approximate surface area is 173 Å². The van der Waals surface area contributed by atoms with Crippen LogP contribution in [0.5, 0.6) is 11.5 Å². The van der Waals surface area contributed by atoms with E-state index in [2.05, 4.69) is 5.32 Å². The summed E-state index contributed by atoms with van der Waals surface area (Å²) in [7, 11) is 3.01. The fourth-order valence-corrected chi connectivity index (χ4v) is 4.94. The molecule has 0 saturated carbocycles. The van der Waals surface area contributed by atoms with Crippen LogP contribution < -0.4 is 14.8 Å². The lowest BCUT2D eigenvalue weighted by atomic mass is 9.83. The molecule has 5 rings (SSSR count). The number of carbonyl (C=O) groups excluding carboxylic acids is 3. The Hall–Kier alpha value is -3.61. The van der Waals surface area contributed by atoms with Crippen molar-refractivity contribution >= 4 is 23.7 Å². The highest BCUT2D eigenvalue weighted by atomic mass is 16.5. The Kier molecular flexibility index (Phi) is 4.13. The summed E-state index contributed by atoms with van der Waals surface area (Å²) >= 11 is 0. The summed E-state index contributed by atoms with van der Waals surface area (Å²) in [6.07, 6.45) is 3.74. The second kappa shape index (κ2) is 6.73. The van der Waals surface area contributed by atoms with Crippen molar-refractivity contribution in [1.82, 2.24) is 10.2 Å². The van der Waals surface area contributed by atoms with Gasteiger partial charge in [-0.2, -0.15) is 0 Å². The number of ketones is 1. The van der Waals surface area contributed by atoms with E-state index in [0.29, 0.717) is 17.1 Å². The summed E-state index contributed by atoms with van der Waals surface area (Å²) in [6.45, 7) is 0. The Morgan fingerprint density at radius 1 is 1.00 bits per heavy atom. The number of fused-ring (bicyclic) bond motifs is 5. The van der Waals surface area contributed by atoms with E-state index in [-0.39, 0.29) is 17.7 Å². The van der Waals surface area contributed by atoms with Crippen LogP contribution in [0.3, 0.4) is 0 Å². The van der Waals surface area contributed by atoms with Crippen LogP contribution in [-0.2, 0) is 9.59 Å². The number of methoxy groups -OCH3 is 2. The molecular formula is C23H20N2O5. The molecule has 3 aliphatic rings. The largest absolute Gasteiger partial charge is 0.497 e. The van der Waals surface area contributed by atoms with Gasteiger partial charge in [0.2, 0.25) is 11.8 Å². The van der Waals surface area contributed by atoms with Crippen molar-refractivity contribution in [3.05, 3.63) is 65.4 Å². The molecule has 3 heterocycles. The third-order valence-electron chi connectivity index (χ3n) is 6.24. The van der Waals surface area contributed by atoms with Crippen molar-refractivity contribution in [3.8, 4) is 11.5 Å². The first-order valence-corrected chi connectivity index (χ1v) is 9.70. The summed E-state index contributed by atoms with van der Waals surface area (Å²) in [5.41, 5.74) is 2.24. The van der Waals surface area contributed by atoms with Crippen molar-refractivity contribution in [2.24, 2.45) is 11.8 Å². The number of amides is 2. The van der Waals surface area contributed by atoms with Gasteiger partial charge in [-0.25, -0.2) is 0 Å². The quantitative estimate of drug-likeness (QED) is 0.621. The molecule has 30 heavy (non-hydrogen) atoms. The number of nitrogens with one attached hydrogen (secondary N) is 1. The zero-order valence-corrected chi connectivity index (χ0v) is 16.5. The maximum atomic E-state index is 13.8. The fraction of sp³-hybridized carbons (Fsp3) is 0.261. The van der Waals surface area contributed by atoms with Crippen molar-refractivity contribution in [3.63, 3.8) is 0 Å². The molecule has 0 unspecified atom stereocenters. The first-order valence-electron chi connectivity index (χ1n) is 9.70. The topological polar surface area (TPSA) is 84.9 Å². The molecule has 2 amide bonds. The molecule has 7 nitrogen and oxygen atoms in total. The van der Waals surface area contributed by atoms with Gasteiger partial charge in [0.1, 0.15) is 17.5 Å². The molecule has 2 aromatic rings. The van der Waals surface area contributed by atoms with E-state index < -0.39 is 23.8 Å². The van der Waals surface area contributed by atoms with Crippen LogP contribution in [0, 0.1) is 11.8 Å². The van der Waals surface area contributed by atoms with Crippen LogP contribution in [-0.4, -0.2) is 42.8 Å². The molecule has 152 valence electrons. The minimum Gasteiger partial charge on any atom is -0.497 e. The number of nitrogens with zero attached hydrogens (tertiary/aromatic N) is 1. The van der Waals surface area contributed by atoms with Crippen LogP contribution in [0.15, 0.2) is 48.7 Å². The zero-order chi connectivity index (χ0) is 21.0. The first-order chi connectivity index (χ1) is 14.5. The highest BCUT2D eigenvalue weighted by molar-refractivity contribution is 6.12. The minimum absolute atomic E-state index is 0.280. The van der Waals surface area contributed by atoms with E-state index in [1.54, 1.807) is 18.2 Å². The van der Waals surface area contributed by atoms with Crippen molar-refractivity contribution < 1.29 is 23.9 Å². The third kappa shape index (κ3) is 2.48. The highest BCUT2D eigenvalue weighted by Gasteiger charge is 2.61. The van der Waals surface area contributed by atoms with Gasteiger partial charge in [0.05, 0.1) is 37.7 Å². The van der Waals surface area contributed by atoms with Crippen LogP contribution in [0.25, 0.3) is 6.08 Å². The average molecular weight is 404 g/mol. The molecule has 1 N–H and O–H groups in total. The first kappa shape index (κ1) is 18.4. The van der Waals surface area contributed by atoms with Crippen LogP contribution in [0.2, 0.25) is 0 Å². The summed E-state index contributed by atoms with van der Waals surface area (Å²) < 4.78 is 10.7. The Morgan fingerprint density at radius 3 is 2.53 bits per heavy atom. The van der Waals surface area contributed by atoms with Gasteiger partial charge in [0, 0.05) is 6.20 Å². The average Bonchev–Trinajstić information content (AvgIpc) is 3.27. The van der Waals surface area contributed by atoms with Gasteiger partial charge < -0.3 is 14.4 Å². The summed E-state index contributed by atoms with van der Waals surface area (Å²) in [5, 5.41) is 2.43. The van der Waals surface area contributed by atoms with Crippen LogP contribution in [0.4, 0.5) is 0 Å². The van der Waals surface area contributed by atoms with Crippen molar-refractivity contribution in [2.45, 2.75) is 12.1 Å². The highest BCUT2D eigenvalue weighted by Crippen LogP contribution is 2.51. The fourth-order valence-electron chi connectivity index (χ4n) is 4.94. The summed E-state index contributed by atoms with van der Waals surface area (Å²) in [4.78, 5) is 41.1. The second-order valence-electron chi connectivity index (χ2n) is 7.62. The molecule has 4 atom stereocenters. The molecule has 0 bridgehead atoms. The van der Waals surface area contributed by atoms with E-state index in [1.165, 1.54) is 14.2 Å². The number of imide groups is 1. The zero-order valence-electron chi connectivity index (χ0n) is 16.5. The lowest BCUT2D eigenvalue weighted by Crippen LogP contribution is -2.43. The number of Topliss-reactive ketones (excluding diaryl/α,β-unsaturated/α-hetero) is 1. The normalized spacial score (nSPS) is 26.0. The molecule has 2 saturated heterocycles. The van der Waals surface area contributed by atoms with Gasteiger partial charge in [-0.3, -0.25) is 19.7 Å². The monoisotopic (exact) mass is 404 g/mol. The number of carbonyl (C=O) groups is 3. The lowest BCUT2D eigenvalue weighted by molar-refractivity contribution is -0.127. The molecule has 7 heteroatoms. The van der Waals surface area contributed by atoms with Gasteiger partial charge in [-0.05, 0) is 35.4 Å². The summed E-state index contributed by atoms with van der Waals surface area (Å²) in [5.74, 6) is -1.53. The molecule has 0 radical (unpaired) electrons. The standard InChI is InChI=1S/C23H20N2O5/c1-29-13-7-8-16(30-2)15(11-13)21(26)20-18-17(22(27)24-23(18)28)19-14-6-4-3-5-12(14)9-10-25(19)20/h3-11,17-20H,1-2H3,(H,24,27,28)/t17-,18+,19+,20-/m0/s1. The van der Waals surface area contributed by atoms with Gasteiger partial charge >= 0.3 is 0 Å². The molecule has 0 spiro atoms. The smallest absolute Gasteiger partial charge is 0.233 e. The second-order valence-corrected chi connectivity index (χ2v) is 7.62. The number of hydrogen-bond acceptors (Lipinski definition) is 6. The predicted octanol–water partition coefficient (Wildman–Crippen LogP) is 2.19. The Balaban J connectivity index is 1.65. The van der Waals surface area contributed by atoms with E-state index in [9.17, 15) is 14.4 Å². The van der Waals surface area contributed by atoms with Gasteiger partial charge in [0.15, 0.2) is 5.78 Å². The molecule has 2 aromatic carbocycles. The van der Waals surface area contributed by atoms with E-state index in [4.69, 9.17) is 9.47 Å². The van der Waals surface area contributed by atoms with E-state index in [0.717, 1.165) is 11.1 Å². The van der Waals surface area contributed by atoms with Crippen molar-refractivity contribution in [2.75, 3.05) is 14.2 Å².